The summed E-state index contributed by atoms with van der Waals surface area (Å²) in [7, 11) is 3.19. The van der Waals surface area contributed by atoms with E-state index in [0.717, 1.165) is 11.1 Å². The Morgan fingerprint density at radius 2 is 1.78 bits per heavy atom. The van der Waals surface area contributed by atoms with Gasteiger partial charge in [-0.3, -0.25) is 4.79 Å². The van der Waals surface area contributed by atoms with E-state index in [1.165, 1.54) is 11.0 Å². The second-order valence-electron chi connectivity index (χ2n) is 6.25. The van der Waals surface area contributed by atoms with E-state index in [4.69, 9.17) is 9.47 Å². The molecule has 0 N–H and O–H groups in total. The van der Waals surface area contributed by atoms with Crippen molar-refractivity contribution >= 4 is 5.91 Å². The number of hydrogen-bond donors (Lipinski definition) is 0. The summed E-state index contributed by atoms with van der Waals surface area (Å²) in [4.78, 5) is 14.7. The molecule has 2 heterocycles. The van der Waals surface area contributed by atoms with E-state index in [1.807, 2.05) is 53.4 Å². The van der Waals surface area contributed by atoms with Crippen LogP contribution in [0.2, 0.25) is 0 Å². The summed E-state index contributed by atoms with van der Waals surface area (Å²) in [5.74, 6) is 1.27. The van der Waals surface area contributed by atoms with Crippen LogP contribution in [-0.2, 0) is 11.3 Å². The Morgan fingerprint density at radius 3 is 2.44 bits per heavy atom. The molecule has 2 aromatic carbocycles. The average molecular weight is 365 g/mol. The molecule has 1 amide bonds. The summed E-state index contributed by atoms with van der Waals surface area (Å²) in [6.45, 7) is 0.456. The van der Waals surface area contributed by atoms with Gasteiger partial charge in [0.1, 0.15) is 6.33 Å². The van der Waals surface area contributed by atoms with Gasteiger partial charge in [-0.2, -0.15) is 0 Å². The van der Waals surface area contributed by atoms with Crippen molar-refractivity contribution in [3.63, 3.8) is 0 Å². The Kier molecular flexibility index (Phi) is 4.45. The lowest BCUT2D eigenvalue weighted by Gasteiger charge is -2.46. The molecule has 0 aliphatic carbocycles. The number of ether oxygens (including phenoxy) is 2. The van der Waals surface area contributed by atoms with Crippen LogP contribution < -0.4 is 9.47 Å². The van der Waals surface area contributed by atoms with Gasteiger partial charge in [0.15, 0.2) is 17.5 Å². The molecular formula is C19H19N5O3. The first-order chi connectivity index (χ1) is 13.2. The first kappa shape index (κ1) is 17.0. The van der Waals surface area contributed by atoms with Crippen LogP contribution >= 0.6 is 0 Å². The van der Waals surface area contributed by atoms with Gasteiger partial charge >= 0.3 is 0 Å². The van der Waals surface area contributed by atoms with E-state index in [9.17, 15) is 4.79 Å². The number of benzene rings is 2. The molecule has 0 spiro atoms. The summed E-state index contributed by atoms with van der Waals surface area (Å²) in [5.41, 5.74) is 2.00. The molecule has 8 nitrogen and oxygen atoms in total. The molecular weight excluding hydrogens is 346 g/mol. The second-order valence-corrected chi connectivity index (χ2v) is 6.25. The minimum atomic E-state index is -0.442. The number of nitrogens with zero attached hydrogens (tertiary/aromatic N) is 5. The minimum Gasteiger partial charge on any atom is -0.493 e. The SMILES string of the molecule is COc1ccc(CN2C(=O)[C@@H](n3cnnn3)[C@H]2c2ccccc2)cc1OC. The van der Waals surface area contributed by atoms with E-state index >= 15 is 0 Å². The van der Waals surface area contributed by atoms with Crippen molar-refractivity contribution in [2.24, 2.45) is 0 Å². The maximum absolute atomic E-state index is 12.9. The van der Waals surface area contributed by atoms with Crippen molar-refractivity contribution in [2.45, 2.75) is 18.6 Å². The number of amides is 1. The van der Waals surface area contributed by atoms with Gasteiger partial charge in [0.05, 0.1) is 20.3 Å². The predicted octanol–water partition coefficient (Wildman–Crippen LogP) is 2.02. The Balaban J connectivity index is 1.64. The fourth-order valence-corrected chi connectivity index (χ4v) is 3.45. The highest BCUT2D eigenvalue weighted by molar-refractivity contribution is 5.88. The first-order valence-electron chi connectivity index (χ1n) is 8.51. The van der Waals surface area contributed by atoms with Gasteiger partial charge in [-0.15, -0.1) is 5.10 Å². The number of hydrogen-bond acceptors (Lipinski definition) is 6. The molecule has 138 valence electrons. The van der Waals surface area contributed by atoms with Gasteiger partial charge in [0.25, 0.3) is 5.91 Å². The third-order valence-electron chi connectivity index (χ3n) is 4.76. The quantitative estimate of drug-likeness (QED) is 0.622. The molecule has 1 aliphatic rings. The Morgan fingerprint density at radius 1 is 1.00 bits per heavy atom. The Hall–Kier alpha value is -3.42. The average Bonchev–Trinajstić information content (AvgIpc) is 3.24. The maximum atomic E-state index is 12.9. The molecule has 1 saturated heterocycles. The van der Waals surface area contributed by atoms with Gasteiger partial charge in [-0.05, 0) is 33.7 Å². The summed E-state index contributed by atoms with van der Waals surface area (Å²) in [6, 6.07) is 15.0. The maximum Gasteiger partial charge on any atom is 0.251 e. The zero-order chi connectivity index (χ0) is 18.8. The highest BCUT2D eigenvalue weighted by Crippen LogP contribution is 2.44. The number of rotatable bonds is 6. The lowest BCUT2D eigenvalue weighted by Crippen LogP contribution is -2.55. The highest BCUT2D eigenvalue weighted by atomic mass is 16.5. The number of likely N-dealkylation sites (tertiary alicyclic amines) is 1. The zero-order valence-electron chi connectivity index (χ0n) is 15.0. The smallest absolute Gasteiger partial charge is 0.251 e. The molecule has 0 saturated carbocycles. The van der Waals surface area contributed by atoms with Gasteiger partial charge in [-0.25, -0.2) is 4.68 Å². The molecule has 3 aromatic rings. The first-order valence-corrected chi connectivity index (χ1v) is 8.51. The van der Waals surface area contributed by atoms with Gasteiger partial charge in [0, 0.05) is 6.54 Å². The van der Waals surface area contributed by atoms with Crippen LogP contribution in [0, 0.1) is 0 Å². The number of β-lactam (4-membered cyclic amide) rings is 1. The van der Waals surface area contributed by atoms with Crippen LogP contribution in [0.25, 0.3) is 0 Å². The van der Waals surface area contributed by atoms with E-state index < -0.39 is 6.04 Å². The number of carbonyl (C=O) groups is 1. The van der Waals surface area contributed by atoms with E-state index in [2.05, 4.69) is 15.5 Å². The third-order valence-corrected chi connectivity index (χ3v) is 4.76. The van der Waals surface area contributed by atoms with Crippen molar-refractivity contribution < 1.29 is 14.3 Å². The monoisotopic (exact) mass is 365 g/mol. The molecule has 0 bridgehead atoms. The standard InChI is InChI=1S/C19H19N5O3/c1-26-15-9-8-13(10-16(15)27-2)11-23-17(14-6-4-3-5-7-14)18(19(23)25)24-12-20-21-22-24/h3-10,12,17-18H,11H2,1-2H3/t17-,18+/m1/s1. The van der Waals surface area contributed by atoms with Crippen molar-refractivity contribution in [1.82, 2.24) is 25.1 Å². The summed E-state index contributed by atoms with van der Waals surface area (Å²) in [6.07, 6.45) is 1.48. The van der Waals surface area contributed by atoms with Gasteiger partial charge in [-0.1, -0.05) is 36.4 Å². The van der Waals surface area contributed by atoms with Crippen LogP contribution in [0.1, 0.15) is 23.2 Å². The fraction of sp³-hybridized carbons (Fsp3) is 0.263. The third kappa shape index (κ3) is 2.99. The van der Waals surface area contributed by atoms with Crippen molar-refractivity contribution in [1.29, 1.82) is 0 Å². The van der Waals surface area contributed by atoms with Gasteiger partial charge in [0.2, 0.25) is 0 Å². The van der Waals surface area contributed by atoms with Crippen LogP contribution in [0.5, 0.6) is 11.5 Å². The van der Waals surface area contributed by atoms with Gasteiger partial charge < -0.3 is 14.4 Å². The van der Waals surface area contributed by atoms with Crippen LogP contribution in [-0.4, -0.2) is 45.2 Å². The highest BCUT2D eigenvalue weighted by Gasteiger charge is 2.49. The van der Waals surface area contributed by atoms with Crippen molar-refractivity contribution in [2.75, 3.05) is 14.2 Å². The fourth-order valence-electron chi connectivity index (χ4n) is 3.45. The number of tetrazole rings is 1. The molecule has 8 heteroatoms. The van der Waals surface area contributed by atoms with Crippen molar-refractivity contribution in [3.05, 3.63) is 66.0 Å². The van der Waals surface area contributed by atoms with Crippen molar-refractivity contribution in [3.8, 4) is 11.5 Å². The molecule has 1 fully saturated rings. The van der Waals surface area contributed by atoms with Crippen LogP contribution in [0.4, 0.5) is 0 Å². The molecule has 2 atom stereocenters. The topological polar surface area (TPSA) is 82.4 Å². The molecule has 27 heavy (non-hydrogen) atoms. The Labute approximate surface area is 156 Å². The van der Waals surface area contributed by atoms with E-state index in [1.54, 1.807) is 14.2 Å². The van der Waals surface area contributed by atoms with Crippen LogP contribution in [0.15, 0.2) is 54.9 Å². The zero-order valence-corrected chi connectivity index (χ0v) is 15.0. The van der Waals surface area contributed by atoms with Crippen LogP contribution in [0.3, 0.4) is 0 Å². The Bertz CT molecular complexity index is 930. The molecule has 4 rings (SSSR count). The summed E-state index contributed by atoms with van der Waals surface area (Å²) < 4.78 is 12.2. The largest absolute Gasteiger partial charge is 0.493 e. The lowest BCUT2D eigenvalue weighted by molar-refractivity contribution is -0.157. The second kappa shape index (κ2) is 7.06. The number of carbonyl (C=O) groups excluding carboxylic acids is 1. The summed E-state index contributed by atoms with van der Waals surface area (Å²) >= 11 is 0. The normalized spacial score (nSPS) is 18.9. The molecule has 0 radical (unpaired) electrons. The molecule has 1 aromatic heterocycles. The summed E-state index contributed by atoms with van der Waals surface area (Å²) in [5, 5.41) is 11.3. The molecule has 0 unspecified atom stereocenters. The van der Waals surface area contributed by atoms with E-state index in [-0.39, 0.29) is 11.9 Å². The number of methoxy groups -OCH3 is 2. The van der Waals surface area contributed by atoms with E-state index in [0.29, 0.717) is 18.0 Å². The number of aromatic nitrogens is 4. The molecule has 1 aliphatic heterocycles. The minimum absolute atomic E-state index is 0.0223. The lowest BCUT2D eigenvalue weighted by atomic mass is 9.88. The predicted molar refractivity (Wildman–Crippen MR) is 96.1 cm³/mol.